The van der Waals surface area contributed by atoms with Crippen molar-refractivity contribution in [2.24, 2.45) is 0 Å². The summed E-state index contributed by atoms with van der Waals surface area (Å²) in [5.74, 6) is 0.781. The maximum absolute atomic E-state index is 8.86. The summed E-state index contributed by atoms with van der Waals surface area (Å²) in [5.41, 5.74) is 3.66. The van der Waals surface area contributed by atoms with E-state index in [1.54, 1.807) is 30.2 Å². The van der Waals surface area contributed by atoms with Crippen molar-refractivity contribution in [3.63, 3.8) is 0 Å². The molecular weight excluding hydrogens is 256 g/mol. The van der Waals surface area contributed by atoms with Crippen LogP contribution in [0.15, 0.2) is 47.9 Å². The third-order valence-electron chi connectivity index (χ3n) is 2.69. The number of imidazole rings is 1. The van der Waals surface area contributed by atoms with E-state index in [9.17, 15) is 0 Å². The van der Waals surface area contributed by atoms with E-state index < -0.39 is 0 Å². The van der Waals surface area contributed by atoms with Gasteiger partial charge in [-0.2, -0.15) is 5.26 Å². The minimum Gasteiger partial charge on any atom is -0.332 e. The van der Waals surface area contributed by atoms with Gasteiger partial charge in [-0.3, -0.25) is 4.98 Å². The third-order valence-corrected chi connectivity index (χ3v) is 3.64. The Morgan fingerprint density at radius 2 is 2.26 bits per heavy atom. The Labute approximate surface area is 114 Å². The highest BCUT2D eigenvalue weighted by Gasteiger charge is 2.03. The van der Waals surface area contributed by atoms with Crippen LogP contribution in [0.3, 0.4) is 0 Å². The summed E-state index contributed by atoms with van der Waals surface area (Å²) in [6.45, 7) is 0. The zero-order chi connectivity index (χ0) is 13.1. The van der Waals surface area contributed by atoms with Crippen LogP contribution in [0.2, 0.25) is 0 Å². The van der Waals surface area contributed by atoms with E-state index in [0.29, 0.717) is 5.56 Å². The first kappa shape index (κ1) is 11.8. The lowest BCUT2D eigenvalue weighted by Gasteiger charge is -1.99. The number of benzene rings is 1. The van der Waals surface area contributed by atoms with E-state index in [1.165, 1.54) is 0 Å². The Morgan fingerprint density at radius 1 is 1.32 bits per heavy atom. The molecule has 2 heterocycles. The standard InChI is InChI=1S/C14H10N4S/c15-7-10-2-1-3-11(6-10)9-19-14-17-12-4-5-16-8-13(12)18-14/h1-6,8H,9H2,(H,17,18). The molecule has 0 radical (unpaired) electrons. The van der Waals surface area contributed by atoms with E-state index in [4.69, 9.17) is 5.26 Å². The molecule has 19 heavy (non-hydrogen) atoms. The molecule has 0 unspecified atom stereocenters. The summed E-state index contributed by atoms with van der Waals surface area (Å²) in [6.07, 6.45) is 3.50. The van der Waals surface area contributed by atoms with Crippen LogP contribution in [0.25, 0.3) is 11.0 Å². The normalized spacial score (nSPS) is 10.5. The smallest absolute Gasteiger partial charge is 0.166 e. The fourth-order valence-corrected chi connectivity index (χ4v) is 2.61. The van der Waals surface area contributed by atoms with Crippen molar-refractivity contribution < 1.29 is 0 Å². The van der Waals surface area contributed by atoms with Gasteiger partial charge < -0.3 is 4.98 Å². The molecular formula is C14H10N4S. The second-order valence-electron chi connectivity index (χ2n) is 4.04. The number of thioether (sulfide) groups is 1. The molecule has 4 nitrogen and oxygen atoms in total. The number of aromatic nitrogens is 3. The number of aromatic amines is 1. The van der Waals surface area contributed by atoms with Crippen LogP contribution < -0.4 is 0 Å². The highest BCUT2D eigenvalue weighted by atomic mass is 32.2. The molecule has 0 spiro atoms. The Balaban J connectivity index is 1.76. The molecule has 0 atom stereocenters. The first-order valence-corrected chi connectivity index (χ1v) is 6.75. The number of hydrogen-bond donors (Lipinski definition) is 1. The zero-order valence-corrected chi connectivity index (χ0v) is 10.8. The van der Waals surface area contributed by atoms with Crippen LogP contribution in [0.1, 0.15) is 11.1 Å². The Kier molecular flexibility index (Phi) is 3.17. The van der Waals surface area contributed by atoms with Crippen molar-refractivity contribution in [3.8, 4) is 6.07 Å². The van der Waals surface area contributed by atoms with E-state index in [0.717, 1.165) is 27.5 Å². The van der Waals surface area contributed by atoms with Crippen LogP contribution in [-0.4, -0.2) is 15.0 Å². The number of pyridine rings is 1. The van der Waals surface area contributed by atoms with Crippen LogP contribution in [0.4, 0.5) is 0 Å². The number of nitriles is 1. The molecule has 1 aromatic carbocycles. The van der Waals surface area contributed by atoms with E-state index in [1.807, 2.05) is 24.3 Å². The molecule has 2 aromatic heterocycles. The van der Waals surface area contributed by atoms with E-state index >= 15 is 0 Å². The molecule has 5 heteroatoms. The molecule has 0 aliphatic rings. The lowest BCUT2D eigenvalue weighted by atomic mass is 10.2. The van der Waals surface area contributed by atoms with Crippen molar-refractivity contribution >= 4 is 22.8 Å². The number of fused-ring (bicyclic) bond motifs is 1. The fraction of sp³-hybridized carbons (Fsp3) is 0.0714. The molecule has 1 N–H and O–H groups in total. The van der Waals surface area contributed by atoms with Crippen molar-refractivity contribution in [2.45, 2.75) is 10.9 Å². The molecule has 92 valence electrons. The highest BCUT2D eigenvalue weighted by Crippen LogP contribution is 2.22. The monoisotopic (exact) mass is 266 g/mol. The van der Waals surface area contributed by atoms with Crippen LogP contribution in [-0.2, 0) is 5.75 Å². The molecule has 0 aliphatic carbocycles. The molecule has 0 aliphatic heterocycles. The summed E-state index contributed by atoms with van der Waals surface area (Å²) >= 11 is 1.61. The number of nitrogens with zero attached hydrogens (tertiary/aromatic N) is 3. The molecule has 0 saturated carbocycles. The molecule has 0 fully saturated rings. The number of hydrogen-bond acceptors (Lipinski definition) is 4. The van der Waals surface area contributed by atoms with Crippen molar-refractivity contribution in [1.82, 2.24) is 15.0 Å². The SMILES string of the molecule is N#Cc1cccc(CSc2nc3ccncc3[nH]2)c1. The maximum Gasteiger partial charge on any atom is 0.166 e. The predicted molar refractivity (Wildman–Crippen MR) is 74.6 cm³/mol. The lowest BCUT2D eigenvalue weighted by molar-refractivity contribution is 1.08. The second kappa shape index (κ2) is 5.12. The number of rotatable bonds is 3. The Morgan fingerprint density at radius 3 is 3.11 bits per heavy atom. The summed E-state index contributed by atoms with van der Waals surface area (Å²) in [6, 6.07) is 11.6. The van der Waals surface area contributed by atoms with E-state index in [-0.39, 0.29) is 0 Å². The molecule has 0 amide bonds. The third kappa shape index (κ3) is 2.59. The van der Waals surface area contributed by atoms with Gasteiger partial charge in [0.15, 0.2) is 5.16 Å². The number of H-pyrrole nitrogens is 1. The van der Waals surface area contributed by atoms with Gasteiger partial charge in [-0.15, -0.1) is 0 Å². The minimum absolute atomic E-state index is 0.687. The van der Waals surface area contributed by atoms with Crippen molar-refractivity contribution in [2.75, 3.05) is 0 Å². The summed E-state index contributed by atoms with van der Waals surface area (Å²) in [5, 5.41) is 9.73. The average Bonchev–Trinajstić information content (AvgIpc) is 2.88. The largest absolute Gasteiger partial charge is 0.332 e. The molecule has 0 bridgehead atoms. The van der Waals surface area contributed by atoms with Crippen LogP contribution in [0.5, 0.6) is 0 Å². The zero-order valence-electron chi connectivity index (χ0n) is 10.00. The summed E-state index contributed by atoms with van der Waals surface area (Å²) < 4.78 is 0. The van der Waals surface area contributed by atoms with Gasteiger partial charge in [0, 0.05) is 11.9 Å². The molecule has 3 rings (SSSR count). The Hall–Kier alpha value is -2.32. The minimum atomic E-state index is 0.687. The number of nitrogens with one attached hydrogen (secondary N) is 1. The molecule has 3 aromatic rings. The van der Waals surface area contributed by atoms with Gasteiger partial charge in [-0.05, 0) is 23.8 Å². The maximum atomic E-state index is 8.86. The van der Waals surface area contributed by atoms with Gasteiger partial charge in [-0.25, -0.2) is 4.98 Å². The topological polar surface area (TPSA) is 65.4 Å². The predicted octanol–water partition coefficient (Wildman–Crippen LogP) is 3.12. The first-order chi connectivity index (χ1) is 9.35. The van der Waals surface area contributed by atoms with Crippen molar-refractivity contribution in [3.05, 3.63) is 53.9 Å². The van der Waals surface area contributed by atoms with E-state index in [2.05, 4.69) is 21.0 Å². The fourth-order valence-electron chi connectivity index (χ4n) is 1.78. The van der Waals surface area contributed by atoms with Gasteiger partial charge in [0.2, 0.25) is 0 Å². The average molecular weight is 266 g/mol. The van der Waals surface area contributed by atoms with Gasteiger partial charge in [0.05, 0.1) is 28.9 Å². The molecule has 0 saturated heterocycles. The Bertz CT molecular complexity index is 724. The quantitative estimate of drug-likeness (QED) is 0.740. The van der Waals surface area contributed by atoms with Gasteiger partial charge >= 0.3 is 0 Å². The lowest BCUT2D eigenvalue weighted by Crippen LogP contribution is -1.83. The summed E-state index contributed by atoms with van der Waals surface area (Å²) in [4.78, 5) is 11.7. The van der Waals surface area contributed by atoms with Crippen molar-refractivity contribution in [1.29, 1.82) is 5.26 Å². The summed E-state index contributed by atoms with van der Waals surface area (Å²) in [7, 11) is 0. The first-order valence-electron chi connectivity index (χ1n) is 5.77. The van der Waals surface area contributed by atoms with Gasteiger partial charge in [-0.1, -0.05) is 23.9 Å². The highest BCUT2D eigenvalue weighted by molar-refractivity contribution is 7.98. The second-order valence-corrected chi connectivity index (χ2v) is 5.00. The van der Waals surface area contributed by atoms with Crippen LogP contribution >= 0.6 is 11.8 Å². The van der Waals surface area contributed by atoms with Gasteiger partial charge in [0.25, 0.3) is 0 Å². The van der Waals surface area contributed by atoms with Crippen LogP contribution in [0, 0.1) is 11.3 Å². The van der Waals surface area contributed by atoms with Gasteiger partial charge in [0.1, 0.15) is 0 Å².